The third-order valence-electron chi connectivity index (χ3n) is 4.40. The second kappa shape index (κ2) is 8.09. The van der Waals surface area contributed by atoms with Crippen LogP contribution in [0.3, 0.4) is 0 Å². The molecule has 1 aliphatic rings. The first-order valence-electron chi connectivity index (χ1n) is 9.06. The van der Waals surface area contributed by atoms with E-state index in [0.29, 0.717) is 6.61 Å². The minimum absolute atomic E-state index is 0.0519. The van der Waals surface area contributed by atoms with Gasteiger partial charge < -0.3 is 14.8 Å². The van der Waals surface area contributed by atoms with Gasteiger partial charge in [0, 0.05) is 23.6 Å². The summed E-state index contributed by atoms with van der Waals surface area (Å²) < 4.78 is 11.6. The number of benzene rings is 2. The molecule has 4 heteroatoms. The SMILES string of the molecule is CCOc1cc2c(cc1C=CC(=O)NC(C)c1ccccc1)OC(C)C2. The Kier molecular flexibility index (Phi) is 5.61. The highest BCUT2D eigenvalue weighted by molar-refractivity contribution is 5.92. The van der Waals surface area contributed by atoms with Gasteiger partial charge in [-0.2, -0.15) is 0 Å². The number of carbonyl (C=O) groups excluding carboxylic acids is 1. The normalized spacial score (nSPS) is 16.8. The van der Waals surface area contributed by atoms with Crippen LogP contribution in [0.2, 0.25) is 0 Å². The molecule has 3 rings (SSSR count). The van der Waals surface area contributed by atoms with Crippen LogP contribution in [0.25, 0.3) is 6.08 Å². The predicted octanol–water partition coefficient (Wildman–Crippen LogP) is 4.30. The third kappa shape index (κ3) is 4.26. The summed E-state index contributed by atoms with van der Waals surface area (Å²) in [5.41, 5.74) is 3.08. The van der Waals surface area contributed by atoms with Crippen LogP contribution in [0.15, 0.2) is 48.5 Å². The highest BCUT2D eigenvalue weighted by atomic mass is 16.5. The monoisotopic (exact) mass is 351 g/mol. The molecule has 136 valence electrons. The van der Waals surface area contributed by atoms with E-state index < -0.39 is 0 Å². The summed E-state index contributed by atoms with van der Waals surface area (Å²) in [4.78, 5) is 12.3. The Morgan fingerprint density at radius 3 is 2.85 bits per heavy atom. The molecule has 0 bridgehead atoms. The number of rotatable bonds is 6. The second-order valence-electron chi connectivity index (χ2n) is 6.54. The highest BCUT2D eigenvalue weighted by Crippen LogP contribution is 2.35. The van der Waals surface area contributed by atoms with Crippen LogP contribution in [-0.4, -0.2) is 18.6 Å². The van der Waals surface area contributed by atoms with Gasteiger partial charge in [-0.25, -0.2) is 0 Å². The average molecular weight is 351 g/mol. The molecule has 1 amide bonds. The highest BCUT2D eigenvalue weighted by Gasteiger charge is 2.21. The second-order valence-corrected chi connectivity index (χ2v) is 6.54. The zero-order valence-corrected chi connectivity index (χ0v) is 15.5. The van der Waals surface area contributed by atoms with E-state index in [4.69, 9.17) is 9.47 Å². The van der Waals surface area contributed by atoms with E-state index in [1.807, 2.05) is 63.2 Å². The predicted molar refractivity (Wildman–Crippen MR) is 103 cm³/mol. The van der Waals surface area contributed by atoms with Crippen LogP contribution in [0, 0.1) is 0 Å². The van der Waals surface area contributed by atoms with Crippen molar-refractivity contribution in [2.45, 2.75) is 39.3 Å². The lowest BCUT2D eigenvalue weighted by Crippen LogP contribution is -2.24. The number of fused-ring (bicyclic) bond motifs is 1. The summed E-state index contributed by atoms with van der Waals surface area (Å²) in [6.45, 7) is 6.55. The van der Waals surface area contributed by atoms with E-state index in [9.17, 15) is 4.79 Å². The number of hydrogen-bond donors (Lipinski definition) is 1. The molecular weight excluding hydrogens is 326 g/mol. The van der Waals surface area contributed by atoms with Crippen molar-refractivity contribution in [3.05, 3.63) is 65.2 Å². The van der Waals surface area contributed by atoms with Crippen molar-refractivity contribution in [3.8, 4) is 11.5 Å². The lowest BCUT2D eigenvalue weighted by atomic mass is 10.1. The van der Waals surface area contributed by atoms with Gasteiger partial charge in [-0.1, -0.05) is 30.3 Å². The molecule has 1 N–H and O–H groups in total. The van der Waals surface area contributed by atoms with Crippen LogP contribution >= 0.6 is 0 Å². The molecule has 1 heterocycles. The largest absolute Gasteiger partial charge is 0.493 e. The summed E-state index contributed by atoms with van der Waals surface area (Å²) in [5, 5.41) is 2.98. The molecule has 0 saturated heterocycles. The molecule has 0 spiro atoms. The lowest BCUT2D eigenvalue weighted by molar-refractivity contribution is -0.117. The quantitative estimate of drug-likeness (QED) is 0.790. The van der Waals surface area contributed by atoms with E-state index in [1.54, 1.807) is 12.2 Å². The summed E-state index contributed by atoms with van der Waals surface area (Å²) in [6.07, 6.45) is 4.38. The topological polar surface area (TPSA) is 47.6 Å². The van der Waals surface area contributed by atoms with E-state index in [1.165, 1.54) is 0 Å². The van der Waals surface area contributed by atoms with Gasteiger partial charge in [0.05, 0.1) is 12.6 Å². The molecule has 0 radical (unpaired) electrons. The van der Waals surface area contributed by atoms with Gasteiger partial charge in [-0.15, -0.1) is 0 Å². The number of nitrogens with one attached hydrogen (secondary N) is 1. The van der Waals surface area contributed by atoms with Crippen LogP contribution in [0.1, 0.15) is 43.5 Å². The van der Waals surface area contributed by atoms with Crippen molar-refractivity contribution < 1.29 is 14.3 Å². The molecule has 2 aromatic rings. The van der Waals surface area contributed by atoms with Crippen molar-refractivity contribution in [2.75, 3.05) is 6.61 Å². The fourth-order valence-corrected chi connectivity index (χ4v) is 3.12. The zero-order chi connectivity index (χ0) is 18.5. The molecule has 0 saturated carbocycles. The Morgan fingerprint density at radius 1 is 1.35 bits per heavy atom. The zero-order valence-electron chi connectivity index (χ0n) is 15.5. The molecule has 1 aliphatic heterocycles. The maximum atomic E-state index is 12.3. The van der Waals surface area contributed by atoms with Crippen LogP contribution in [0.5, 0.6) is 11.5 Å². The van der Waals surface area contributed by atoms with Crippen molar-refractivity contribution in [2.24, 2.45) is 0 Å². The molecule has 4 nitrogen and oxygen atoms in total. The van der Waals surface area contributed by atoms with E-state index in [2.05, 4.69) is 5.32 Å². The summed E-state index contributed by atoms with van der Waals surface area (Å²) in [6, 6.07) is 13.8. The number of carbonyl (C=O) groups is 1. The Hall–Kier alpha value is -2.75. The summed E-state index contributed by atoms with van der Waals surface area (Å²) in [5.74, 6) is 1.52. The van der Waals surface area contributed by atoms with Gasteiger partial charge in [-0.05, 0) is 44.5 Å². The lowest BCUT2D eigenvalue weighted by Gasteiger charge is -2.13. The Morgan fingerprint density at radius 2 is 2.12 bits per heavy atom. The van der Waals surface area contributed by atoms with Crippen molar-refractivity contribution >= 4 is 12.0 Å². The maximum absolute atomic E-state index is 12.3. The summed E-state index contributed by atoms with van der Waals surface area (Å²) in [7, 11) is 0. The van der Waals surface area contributed by atoms with Crippen LogP contribution < -0.4 is 14.8 Å². The number of amides is 1. The molecule has 0 aliphatic carbocycles. The third-order valence-corrected chi connectivity index (χ3v) is 4.40. The maximum Gasteiger partial charge on any atom is 0.244 e. The molecule has 2 atom stereocenters. The van der Waals surface area contributed by atoms with E-state index >= 15 is 0 Å². The average Bonchev–Trinajstić information content (AvgIpc) is 2.99. The molecule has 26 heavy (non-hydrogen) atoms. The number of hydrogen-bond acceptors (Lipinski definition) is 3. The van der Waals surface area contributed by atoms with Gasteiger partial charge in [0.25, 0.3) is 0 Å². The van der Waals surface area contributed by atoms with Gasteiger partial charge in [0.1, 0.15) is 17.6 Å². The van der Waals surface area contributed by atoms with Gasteiger partial charge >= 0.3 is 0 Å². The van der Waals surface area contributed by atoms with E-state index in [0.717, 1.165) is 34.6 Å². The minimum atomic E-state index is -0.140. The van der Waals surface area contributed by atoms with Crippen LogP contribution in [-0.2, 0) is 11.2 Å². The molecule has 2 aromatic carbocycles. The molecule has 0 fully saturated rings. The Labute approximate surface area is 154 Å². The van der Waals surface area contributed by atoms with E-state index in [-0.39, 0.29) is 18.1 Å². The summed E-state index contributed by atoms with van der Waals surface area (Å²) >= 11 is 0. The first-order chi connectivity index (χ1) is 12.6. The first kappa shape index (κ1) is 18.1. The van der Waals surface area contributed by atoms with Crippen LogP contribution in [0.4, 0.5) is 0 Å². The van der Waals surface area contributed by atoms with Crippen molar-refractivity contribution in [1.82, 2.24) is 5.32 Å². The van der Waals surface area contributed by atoms with Crippen molar-refractivity contribution in [3.63, 3.8) is 0 Å². The smallest absolute Gasteiger partial charge is 0.244 e. The Bertz CT molecular complexity index is 799. The van der Waals surface area contributed by atoms with Gasteiger partial charge in [0.2, 0.25) is 5.91 Å². The fourth-order valence-electron chi connectivity index (χ4n) is 3.12. The fraction of sp³-hybridized carbons (Fsp3) is 0.318. The Balaban J connectivity index is 1.73. The van der Waals surface area contributed by atoms with Gasteiger partial charge in [-0.3, -0.25) is 4.79 Å². The van der Waals surface area contributed by atoms with Crippen molar-refractivity contribution in [1.29, 1.82) is 0 Å². The molecule has 2 unspecified atom stereocenters. The standard InChI is InChI=1S/C22H25NO3/c1-4-25-20-14-19-12-15(2)26-21(19)13-18(20)10-11-22(24)23-16(3)17-8-6-5-7-9-17/h5-11,13-16H,4,12H2,1-3H3,(H,23,24). The first-order valence-corrected chi connectivity index (χ1v) is 9.06. The minimum Gasteiger partial charge on any atom is -0.493 e. The number of ether oxygens (including phenoxy) is 2. The van der Waals surface area contributed by atoms with Gasteiger partial charge in [0.15, 0.2) is 0 Å². The molecular formula is C22H25NO3. The molecule has 0 aromatic heterocycles.